The Morgan fingerprint density at radius 2 is 2.06 bits per heavy atom. The van der Waals surface area contributed by atoms with Crippen LogP contribution in [0.1, 0.15) is 33.1 Å². The number of carbonyl (C=O) groups is 2. The number of ether oxygens (including phenoxy) is 1. The van der Waals surface area contributed by atoms with Gasteiger partial charge in [-0.15, -0.1) is 0 Å². The number of ketones is 1. The molecule has 90 valence electrons. The molecule has 0 spiro atoms. The van der Waals surface area contributed by atoms with E-state index in [4.69, 9.17) is 5.53 Å². The van der Waals surface area contributed by atoms with E-state index in [0.29, 0.717) is 0 Å². The summed E-state index contributed by atoms with van der Waals surface area (Å²) < 4.78 is 4.61. The molecule has 1 N–H and O–H groups in total. The molecule has 0 aliphatic rings. The third-order valence-corrected chi connectivity index (χ3v) is 1.84. The van der Waals surface area contributed by atoms with Crippen molar-refractivity contribution in [2.75, 3.05) is 6.61 Å². The van der Waals surface area contributed by atoms with Crippen LogP contribution in [0.15, 0.2) is 5.11 Å². The average Bonchev–Trinajstić information content (AvgIpc) is 2.17. The molecular weight excluding hydrogens is 214 g/mol. The Bertz CT molecular complexity index is 312. The van der Waals surface area contributed by atoms with E-state index in [2.05, 4.69) is 14.8 Å². The smallest absolute Gasteiger partial charge is 0.308 e. The highest BCUT2D eigenvalue weighted by molar-refractivity contribution is 5.80. The van der Waals surface area contributed by atoms with Gasteiger partial charge < -0.3 is 9.84 Å². The van der Waals surface area contributed by atoms with Gasteiger partial charge in [0.25, 0.3) is 0 Å². The van der Waals surface area contributed by atoms with Crippen LogP contribution < -0.4 is 0 Å². The van der Waals surface area contributed by atoms with Crippen LogP contribution >= 0.6 is 0 Å². The molecule has 0 bridgehead atoms. The first-order chi connectivity index (χ1) is 7.47. The zero-order valence-corrected chi connectivity index (χ0v) is 9.34. The minimum absolute atomic E-state index is 0.160. The summed E-state index contributed by atoms with van der Waals surface area (Å²) in [4.78, 5) is 24.7. The van der Waals surface area contributed by atoms with Crippen LogP contribution in [-0.4, -0.2) is 29.2 Å². The number of carbonyl (C=O) groups excluding carboxylic acids is 2. The lowest BCUT2D eigenvalue weighted by atomic mass is 10.0. The van der Waals surface area contributed by atoms with Crippen molar-refractivity contribution in [3.8, 4) is 0 Å². The average molecular weight is 229 g/mol. The molecule has 0 saturated carbocycles. The van der Waals surface area contributed by atoms with E-state index in [1.165, 1.54) is 0 Å². The maximum Gasteiger partial charge on any atom is 0.308 e. The van der Waals surface area contributed by atoms with Crippen LogP contribution in [0.5, 0.6) is 0 Å². The van der Waals surface area contributed by atoms with Gasteiger partial charge in [-0.3, -0.25) is 9.59 Å². The normalized spacial score (nSPS) is 13.4. The fraction of sp³-hybridized carbons (Fsp3) is 0.778. The highest BCUT2D eigenvalue weighted by Gasteiger charge is 2.31. The van der Waals surface area contributed by atoms with Crippen molar-refractivity contribution in [3.63, 3.8) is 0 Å². The summed E-state index contributed by atoms with van der Waals surface area (Å²) in [5.41, 5.74) is 6.25. The number of hydrogen-bond donors (Lipinski definition) is 1. The summed E-state index contributed by atoms with van der Waals surface area (Å²) in [5.74, 6) is -1.000. The van der Waals surface area contributed by atoms with Gasteiger partial charge in [0, 0.05) is 17.8 Å². The van der Waals surface area contributed by atoms with Crippen molar-refractivity contribution in [2.45, 2.75) is 38.8 Å². The van der Waals surface area contributed by atoms with E-state index >= 15 is 0 Å². The first-order valence-electron chi connectivity index (χ1n) is 4.93. The minimum Gasteiger partial charge on any atom is -0.466 e. The highest BCUT2D eigenvalue weighted by atomic mass is 16.5. The second kappa shape index (κ2) is 6.81. The van der Waals surface area contributed by atoms with Crippen molar-refractivity contribution < 1.29 is 19.4 Å². The molecule has 0 aromatic carbocycles. The van der Waals surface area contributed by atoms with Gasteiger partial charge in [-0.1, -0.05) is 12.0 Å². The fourth-order valence-electron chi connectivity index (χ4n) is 1.10. The maximum absolute atomic E-state index is 11.1. The van der Waals surface area contributed by atoms with Gasteiger partial charge in [-0.2, -0.15) is 0 Å². The zero-order chi connectivity index (χ0) is 12.6. The molecule has 1 atom stereocenters. The van der Waals surface area contributed by atoms with Gasteiger partial charge in [0.2, 0.25) is 0 Å². The topological polar surface area (TPSA) is 112 Å². The molecule has 1 unspecified atom stereocenters. The summed E-state index contributed by atoms with van der Waals surface area (Å²) in [6.45, 7) is 3.39. The van der Waals surface area contributed by atoms with Crippen molar-refractivity contribution in [3.05, 3.63) is 10.4 Å². The molecule has 16 heavy (non-hydrogen) atoms. The van der Waals surface area contributed by atoms with E-state index in [0.717, 1.165) is 0 Å². The predicted octanol–water partition coefficient (Wildman–Crippen LogP) is 1.31. The van der Waals surface area contributed by atoms with E-state index in [1.807, 2.05) is 0 Å². The number of azide groups is 1. The van der Waals surface area contributed by atoms with Gasteiger partial charge in [0.05, 0.1) is 13.0 Å². The van der Waals surface area contributed by atoms with Gasteiger partial charge in [0.1, 0.15) is 5.78 Å². The number of Topliss-reactive ketones (excluding diaryl/α,β-unsaturated/α-hetero) is 1. The van der Waals surface area contributed by atoms with E-state index in [9.17, 15) is 14.7 Å². The first kappa shape index (κ1) is 14.4. The molecule has 7 nitrogen and oxygen atoms in total. The number of hydrogen-bond acceptors (Lipinski definition) is 5. The monoisotopic (exact) mass is 229 g/mol. The summed E-state index contributed by atoms with van der Waals surface area (Å²) in [6, 6.07) is 0. The van der Waals surface area contributed by atoms with Gasteiger partial charge >= 0.3 is 5.97 Å². The third-order valence-electron chi connectivity index (χ3n) is 1.84. The predicted molar refractivity (Wildman–Crippen MR) is 55.3 cm³/mol. The highest BCUT2D eigenvalue weighted by Crippen LogP contribution is 2.19. The lowest BCUT2D eigenvalue weighted by molar-refractivity contribution is -0.149. The van der Waals surface area contributed by atoms with Gasteiger partial charge in [-0.25, -0.2) is 0 Å². The standard InChI is InChI=1S/C9H15N3O4/c1-3-7(13)5-9(15,11-12-10)6-8(14)16-4-2/h15H,3-6H2,1-2H3. The van der Waals surface area contributed by atoms with Crippen LogP contribution in [0.25, 0.3) is 10.4 Å². The van der Waals surface area contributed by atoms with Crippen molar-refractivity contribution >= 4 is 11.8 Å². The van der Waals surface area contributed by atoms with Crippen LogP contribution in [0.2, 0.25) is 0 Å². The molecule has 0 aliphatic heterocycles. The molecule has 0 aliphatic carbocycles. The maximum atomic E-state index is 11.1. The van der Waals surface area contributed by atoms with Crippen LogP contribution in [0, 0.1) is 0 Å². The summed E-state index contributed by atoms with van der Waals surface area (Å²) in [7, 11) is 0. The second-order valence-corrected chi connectivity index (χ2v) is 3.22. The number of aliphatic hydroxyl groups is 1. The molecule has 0 radical (unpaired) electrons. The molecular formula is C9H15N3O4. The second-order valence-electron chi connectivity index (χ2n) is 3.22. The Balaban J connectivity index is 4.62. The van der Waals surface area contributed by atoms with E-state index < -0.39 is 18.1 Å². The van der Waals surface area contributed by atoms with Gasteiger partial charge in [0.15, 0.2) is 5.72 Å². The quantitative estimate of drug-likeness (QED) is 0.307. The van der Waals surface area contributed by atoms with E-state index in [1.54, 1.807) is 13.8 Å². The third kappa shape index (κ3) is 5.33. The summed E-state index contributed by atoms with van der Waals surface area (Å²) in [5, 5.41) is 12.8. The minimum atomic E-state index is -2.02. The lowest BCUT2D eigenvalue weighted by Crippen LogP contribution is -2.32. The lowest BCUT2D eigenvalue weighted by Gasteiger charge is -2.20. The Labute approximate surface area is 93.0 Å². The molecule has 0 rings (SSSR count). The zero-order valence-electron chi connectivity index (χ0n) is 9.34. The Hall–Kier alpha value is -1.59. The first-order valence-corrected chi connectivity index (χ1v) is 4.93. The summed E-state index contributed by atoms with van der Waals surface area (Å²) in [6.07, 6.45) is -0.699. The molecule has 0 amide bonds. The van der Waals surface area contributed by atoms with Crippen molar-refractivity contribution in [1.29, 1.82) is 0 Å². The Morgan fingerprint density at radius 1 is 1.44 bits per heavy atom. The molecule has 0 aromatic heterocycles. The molecule has 0 fully saturated rings. The largest absolute Gasteiger partial charge is 0.466 e. The number of esters is 1. The van der Waals surface area contributed by atoms with Crippen molar-refractivity contribution in [2.24, 2.45) is 5.11 Å². The number of rotatable bonds is 7. The Kier molecular flexibility index (Phi) is 6.14. The molecule has 0 saturated heterocycles. The fourth-order valence-corrected chi connectivity index (χ4v) is 1.10. The molecule has 0 heterocycles. The number of nitrogens with zero attached hydrogens (tertiary/aromatic N) is 3. The van der Waals surface area contributed by atoms with Crippen LogP contribution in [0.3, 0.4) is 0 Å². The summed E-state index contributed by atoms with van der Waals surface area (Å²) >= 11 is 0. The van der Waals surface area contributed by atoms with E-state index in [-0.39, 0.29) is 25.2 Å². The van der Waals surface area contributed by atoms with Crippen LogP contribution in [0.4, 0.5) is 0 Å². The Morgan fingerprint density at radius 3 is 2.50 bits per heavy atom. The SMILES string of the molecule is CCOC(=O)CC(O)(CC(=O)CC)N=[N+]=[N-]. The van der Waals surface area contributed by atoms with Crippen molar-refractivity contribution in [1.82, 2.24) is 0 Å². The van der Waals surface area contributed by atoms with Crippen LogP contribution in [-0.2, 0) is 14.3 Å². The molecule has 7 heteroatoms. The van der Waals surface area contributed by atoms with Gasteiger partial charge in [-0.05, 0) is 12.5 Å². The molecule has 0 aromatic rings.